The first kappa shape index (κ1) is 13.0. The molecule has 1 aliphatic heterocycles. The third kappa shape index (κ3) is 3.48. The van der Waals surface area contributed by atoms with Crippen molar-refractivity contribution >= 4 is 28.5 Å². The first-order valence-corrected chi connectivity index (χ1v) is 7.12. The molecule has 0 aromatic carbocycles. The number of nitrogens with zero attached hydrogens (tertiary/aromatic N) is 1. The standard InChI is InChI=1S/C12H18N2OS2/c1-2-9-3-4-10(17-9)7-14-5-6-15-11(8-14)12(13)16/h3-4,11H,2,5-8H2,1H3,(H2,13,16). The summed E-state index contributed by atoms with van der Waals surface area (Å²) < 4.78 is 5.53. The second-order valence-corrected chi connectivity index (χ2v) is 5.94. The van der Waals surface area contributed by atoms with Crippen molar-refractivity contribution in [1.29, 1.82) is 0 Å². The fourth-order valence-electron chi connectivity index (χ4n) is 1.94. The number of thiophene rings is 1. The molecular weight excluding hydrogens is 252 g/mol. The summed E-state index contributed by atoms with van der Waals surface area (Å²) in [4.78, 5) is 5.68. The van der Waals surface area contributed by atoms with Gasteiger partial charge in [-0.15, -0.1) is 11.3 Å². The van der Waals surface area contributed by atoms with E-state index in [1.54, 1.807) is 0 Å². The summed E-state index contributed by atoms with van der Waals surface area (Å²) in [6, 6.07) is 4.43. The van der Waals surface area contributed by atoms with Gasteiger partial charge in [0.25, 0.3) is 0 Å². The molecule has 17 heavy (non-hydrogen) atoms. The largest absolute Gasteiger partial charge is 0.391 e. The molecule has 2 rings (SSSR count). The lowest BCUT2D eigenvalue weighted by Crippen LogP contribution is -2.47. The molecule has 5 heteroatoms. The zero-order valence-corrected chi connectivity index (χ0v) is 11.6. The van der Waals surface area contributed by atoms with Crippen LogP contribution in [0.3, 0.4) is 0 Å². The van der Waals surface area contributed by atoms with Crippen LogP contribution in [0.2, 0.25) is 0 Å². The number of hydrogen-bond acceptors (Lipinski definition) is 4. The van der Waals surface area contributed by atoms with Gasteiger partial charge in [-0.05, 0) is 18.6 Å². The summed E-state index contributed by atoms with van der Waals surface area (Å²) in [5, 5.41) is 0. The second-order valence-electron chi connectivity index (χ2n) is 4.22. The highest BCUT2D eigenvalue weighted by molar-refractivity contribution is 7.80. The molecule has 1 aliphatic rings. The minimum atomic E-state index is -0.0793. The molecule has 0 spiro atoms. The summed E-state index contributed by atoms with van der Waals surface area (Å²) in [5.74, 6) is 0. The van der Waals surface area contributed by atoms with E-state index in [-0.39, 0.29) is 6.10 Å². The Morgan fingerprint density at radius 2 is 2.35 bits per heavy atom. The van der Waals surface area contributed by atoms with Crippen LogP contribution in [0.25, 0.3) is 0 Å². The first-order chi connectivity index (χ1) is 8.19. The summed E-state index contributed by atoms with van der Waals surface area (Å²) in [6.45, 7) is 5.65. The normalized spacial score (nSPS) is 21.6. The SMILES string of the molecule is CCc1ccc(CN2CCOC(C(N)=S)C2)s1. The van der Waals surface area contributed by atoms with Gasteiger partial charge in [-0.3, -0.25) is 4.90 Å². The molecule has 0 aliphatic carbocycles. The van der Waals surface area contributed by atoms with Crippen molar-refractivity contribution in [2.45, 2.75) is 26.0 Å². The number of hydrogen-bond donors (Lipinski definition) is 1. The van der Waals surface area contributed by atoms with Gasteiger partial charge < -0.3 is 10.5 Å². The van der Waals surface area contributed by atoms with Crippen molar-refractivity contribution in [3.05, 3.63) is 21.9 Å². The highest BCUT2D eigenvalue weighted by Crippen LogP contribution is 2.19. The Balaban J connectivity index is 1.92. The zero-order chi connectivity index (χ0) is 12.3. The molecule has 0 saturated carbocycles. The predicted octanol–water partition coefficient (Wildman–Crippen LogP) is 1.80. The number of rotatable bonds is 4. The molecule has 0 radical (unpaired) electrons. The topological polar surface area (TPSA) is 38.5 Å². The van der Waals surface area contributed by atoms with Gasteiger partial charge in [0.1, 0.15) is 11.1 Å². The van der Waals surface area contributed by atoms with Crippen LogP contribution in [0.15, 0.2) is 12.1 Å². The van der Waals surface area contributed by atoms with Crippen LogP contribution < -0.4 is 5.73 Å². The molecule has 0 amide bonds. The molecule has 3 nitrogen and oxygen atoms in total. The first-order valence-electron chi connectivity index (χ1n) is 5.90. The number of morpholine rings is 1. The third-order valence-electron chi connectivity index (χ3n) is 2.91. The predicted molar refractivity (Wildman–Crippen MR) is 75.5 cm³/mol. The zero-order valence-electron chi connectivity index (χ0n) is 10.0. The molecule has 2 heterocycles. The van der Waals surface area contributed by atoms with Gasteiger partial charge in [0, 0.05) is 29.4 Å². The van der Waals surface area contributed by atoms with Crippen molar-refractivity contribution in [3.8, 4) is 0 Å². The van der Waals surface area contributed by atoms with Crippen molar-refractivity contribution in [3.63, 3.8) is 0 Å². The van der Waals surface area contributed by atoms with E-state index in [4.69, 9.17) is 22.7 Å². The van der Waals surface area contributed by atoms with E-state index in [1.165, 1.54) is 9.75 Å². The fourth-order valence-corrected chi connectivity index (χ4v) is 3.08. The maximum absolute atomic E-state index is 5.63. The van der Waals surface area contributed by atoms with E-state index in [2.05, 4.69) is 24.0 Å². The molecule has 1 atom stereocenters. The average Bonchev–Trinajstić information content (AvgIpc) is 2.77. The van der Waals surface area contributed by atoms with Gasteiger partial charge >= 0.3 is 0 Å². The Bertz CT molecular complexity index is 392. The smallest absolute Gasteiger partial charge is 0.120 e. The summed E-state index contributed by atoms with van der Waals surface area (Å²) in [6.07, 6.45) is 1.04. The minimum Gasteiger partial charge on any atom is -0.391 e. The Hall–Kier alpha value is -0.490. The molecule has 1 aromatic rings. The third-order valence-corrected chi connectivity index (χ3v) is 4.39. The Kier molecular flexibility index (Phi) is 4.50. The quantitative estimate of drug-likeness (QED) is 0.847. The molecular formula is C12H18N2OS2. The molecule has 1 fully saturated rings. The van der Waals surface area contributed by atoms with Crippen LogP contribution in [0.4, 0.5) is 0 Å². The van der Waals surface area contributed by atoms with E-state index in [1.807, 2.05) is 11.3 Å². The van der Waals surface area contributed by atoms with Crippen LogP contribution >= 0.6 is 23.6 Å². The van der Waals surface area contributed by atoms with Crippen molar-refractivity contribution < 1.29 is 4.74 Å². The average molecular weight is 270 g/mol. The molecule has 0 bridgehead atoms. The van der Waals surface area contributed by atoms with Crippen LogP contribution in [0.5, 0.6) is 0 Å². The Morgan fingerprint density at radius 1 is 1.59 bits per heavy atom. The van der Waals surface area contributed by atoms with Gasteiger partial charge in [0.2, 0.25) is 0 Å². The summed E-state index contributed by atoms with van der Waals surface area (Å²) in [5.41, 5.74) is 5.63. The van der Waals surface area contributed by atoms with Gasteiger partial charge in [-0.2, -0.15) is 0 Å². The molecule has 1 saturated heterocycles. The monoisotopic (exact) mass is 270 g/mol. The van der Waals surface area contributed by atoms with E-state index in [9.17, 15) is 0 Å². The highest BCUT2D eigenvalue weighted by Gasteiger charge is 2.22. The second kappa shape index (κ2) is 5.91. The number of nitrogens with two attached hydrogens (primary N) is 1. The lowest BCUT2D eigenvalue weighted by atomic mass is 10.2. The van der Waals surface area contributed by atoms with E-state index in [0.29, 0.717) is 11.6 Å². The van der Waals surface area contributed by atoms with Gasteiger partial charge in [-0.25, -0.2) is 0 Å². The minimum absolute atomic E-state index is 0.0793. The van der Waals surface area contributed by atoms with Crippen molar-refractivity contribution in [2.75, 3.05) is 19.7 Å². The lowest BCUT2D eigenvalue weighted by molar-refractivity contribution is 0.00428. The molecule has 1 aromatic heterocycles. The van der Waals surface area contributed by atoms with Gasteiger partial charge in [-0.1, -0.05) is 19.1 Å². The van der Waals surface area contributed by atoms with Gasteiger partial charge in [0.05, 0.1) is 6.61 Å². The molecule has 94 valence electrons. The van der Waals surface area contributed by atoms with Crippen LogP contribution in [0, 0.1) is 0 Å². The fraction of sp³-hybridized carbons (Fsp3) is 0.583. The number of ether oxygens (including phenoxy) is 1. The van der Waals surface area contributed by atoms with E-state index < -0.39 is 0 Å². The maximum atomic E-state index is 5.63. The Labute approximate surface area is 112 Å². The molecule has 2 N–H and O–H groups in total. The van der Waals surface area contributed by atoms with Crippen molar-refractivity contribution in [2.24, 2.45) is 5.73 Å². The summed E-state index contributed by atoms with van der Waals surface area (Å²) >= 11 is 6.87. The van der Waals surface area contributed by atoms with E-state index in [0.717, 1.165) is 26.1 Å². The lowest BCUT2D eigenvalue weighted by Gasteiger charge is -2.31. The van der Waals surface area contributed by atoms with E-state index >= 15 is 0 Å². The van der Waals surface area contributed by atoms with Gasteiger partial charge in [0.15, 0.2) is 0 Å². The number of thiocarbonyl (C=S) groups is 1. The number of aryl methyl sites for hydroxylation is 1. The van der Waals surface area contributed by atoms with Crippen LogP contribution in [-0.4, -0.2) is 35.7 Å². The van der Waals surface area contributed by atoms with Crippen molar-refractivity contribution in [1.82, 2.24) is 4.90 Å². The highest BCUT2D eigenvalue weighted by atomic mass is 32.1. The van der Waals surface area contributed by atoms with Crippen LogP contribution in [0.1, 0.15) is 16.7 Å². The maximum Gasteiger partial charge on any atom is 0.120 e. The van der Waals surface area contributed by atoms with Crippen LogP contribution in [-0.2, 0) is 17.7 Å². The molecule has 1 unspecified atom stereocenters. The summed E-state index contributed by atoms with van der Waals surface area (Å²) in [7, 11) is 0. The Morgan fingerprint density at radius 3 is 3.00 bits per heavy atom.